The molecule has 0 bridgehead atoms. The Balaban J connectivity index is -0.000000373. The van der Waals surface area contributed by atoms with Crippen molar-refractivity contribution in [2.75, 3.05) is 0 Å². The molecule has 0 aromatic heterocycles. The summed E-state index contributed by atoms with van der Waals surface area (Å²) < 4.78 is 0. The topological polar surface area (TPSA) is 0 Å². The molecule has 0 amide bonds. The van der Waals surface area contributed by atoms with E-state index in [0.717, 1.165) is 0 Å². The first-order valence-electron chi connectivity index (χ1n) is 8.85. The van der Waals surface area contributed by atoms with Crippen LogP contribution in [0.4, 0.5) is 0 Å². The summed E-state index contributed by atoms with van der Waals surface area (Å²) >= 11 is 0. The van der Waals surface area contributed by atoms with E-state index in [-0.39, 0.29) is 77.2 Å². The molecule has 0 atom stereocenters. The quantitative estimate of drug-likeness (QED) is 0.415. The molecule has 3 rings (SSSR count). The minimum Gasteiger partial charge on any atom is -1.00 e. The maximum absolute atomic E-state index is 2.29. The van der Waals surface area contributed by atoms with E-state index in [4.69, 9.17) is 0 Å². The predicted octanol–water partition coefficient (Wildman–Crippen LogP) is 0.716. The second-order valence-electron chi connectivity index (χ2n) is 6.57. The number of benzene rings is 1. The number of hydrogen-bond acceptors (Lipinski definition) is 0. The van der Waals surface area contributed by atoms with E-state index >= 15 is 0 Å². The minimum absolute atomic E-state index is 0. The largest absolute Gasteiger partial charge is 4.00 e. The molecule has 0 fully saturated rings. The fourth-order valence-corrected chi connectivity index (χ4v) is 3.47. The second kappa shape index (κ2) is 15.4. The van der Waals surface area contributed by atoms with Crippen molar-refractivity contribution < 1.29 is 77.2 Å². The van der Waals surface area contributed by atoms with Crippen molar-refractivity contribution in [1.82, 2.24) is 0 Å². The van der Waals surface area contributed by atoms with Gasteiger partial charge in [-0.05, 0) is 6.42 Å². The molecule has 0 radical (unpaired) electrons. The van der Waals surface area contributed by atoms with Gasteiger partial charge in [-0.2, -0.15) is 33.9 Å². The van der Waals surface area contributed by atoms with Crippen LogP contribution in [0, 0.1) is 27.7 Å². The molecule has 0 heterocycles. The Labute approximate surface area is 216 Å². The number of fused-ring (bicyclic) bond motifs is 1. The van der Waals surface area contributed by atoms with Gasteiger partial charge >= 0.3 is 52.4 Å². The Kier molecular flexibility index (Phi) is 18.3. The van der Waals surface area contributed by atoms with Gasteiger partial charge in [-0.15, -0.1) is 40.6 Å². The van der Waals surface area contributed by atoms with Gasteiger partial charge in [0.05, 0.1) is 0 Å². The summed E-state index contributed by atoms with van der Waals surface area (Å²) in [5.41, 5.74) is 9.00. The minimum atomic E-state index is 0. The van der Waals surface area contributed by atoms with Crippen LogP contribution in [0.15, 0.2) is 36.4 Å². The number of rotatable bonds is 3. The number of aryl methyl sites for hydroxylation is 1. The van der Waals surface area contributed by atoms with Gasteiger partial charge in [-0.25, -0.2) is 0 Å². The van der Waals surface area contributed by atoms with Gasteiger partial charge in [0.15, 0.2) is 0 Å². The molecule has 140 valence electrons. The third kappa shape index (κ3) is 8.05. The molecule has 27 heavy (non-hydrogen) atoms. The number of halogens is 2. The van der Waals surface area contributed by atoms with Crippen molar-refractivity contribution in [2.45, 2.75) is 60.8 Å². The molecule has 0 aliphatic heterocycles. The van der Waals surface area contributed by atoms with E-state index in [0.29, 0.717) is 0 Å². The Hall–Kier alpha value is 0.526. The van der Waals surface area contributed by atoms with Crippen molar-refractivity contribution in [2.24, 2.45) is 0 Å². The maximum Gasteiger partial charge on any atom is 4.00 e. The van der Waals surface area contributed by atoms with E-state index in [1.165, 1.54) is 57.9 Å². The summed E-state index contributed by atoms with van der Waals surface area (Å²) in [4.78, 5) is 0. The van der Waals surface area contributed by atoms with Crippen LogP contribution < -0.4 is 24.8 Å². The molecular weight excluding hydrogens is 530 g/mol. The molecule has 0 N–H and O–H groups in total. The summed E-state index contributed by atoms with van der Waals surface area (Å²) in [5.74, 6) is 0. The SMILES string of the molecule is CCCc1cc2ccccc2[cH-]1.CC[c-]1c(C)c(C)c(C)c1C.[Cl-].[Cl-].[Zr+4].[Zr+4]. The third-order valence-electron chi connectivity index (χ3n) is 5.16. The van der Waals surface area contributed by atoms with Crippen LogP contribution in [0.3, 0.4) is 0 Å². The van der Waals surface area contributed by atoms with Crippen LogP contribution in [0.25, 0.3) is 10.8 Å². The normalized spacial score (nSPS) is 9.11. The molecule has 0 nitrogen and oxygen atoms in total. The van der Waals surface area contributed by atoms with Crippen LogP contribution >= 0.6 is 0 Å². The zero-order chi connectivity index (χ0) is 17.0. The summed E-state index contributed by atoms with van der Waals surface area (Å²) in [6, 6.07) is 13.1. The summed E-state index contributed by atoms with van der Waals surface area (Å²) in [7, 11) is 0. The monoisotopic (exact) mass is 556 g/mol. The fraction of sp³-hybridized carbons (Fsp3) is 0.391. The summed E-state index contributed by atoms with van der Waals surface area (Å²) in [5, 5.41) is 2.75. The van der Waals surface area contributed by atoms with E-state index in [9.17, 15) is 0 Å². The van der Waals surface area contributed by atoms with Gasteiger partial charge < -0.3 is 24.8 Å². The molecule has 0 aliphatic rings. The molecule has 0 saturated carbocycles. The summed E-state index contributed by atoms with van der Waals surface area (Å²) in [6.07, 6.45) is 3.61. The second-order valence-corrected chi connectivity index (χ2v) is 6.57. The molecule has 0 spiro atoms. The van der Waals surface area contributed by atoms with Gasteiger partial charge in [-0.1, -0.05) is 60.5 Å². The van der Waals surface area contributed by atoms with E-state index in [2.05, 4.69) is 77.9 Å². The zero-order valence-corrected chi connectivity index (χ0v) is 23.8. The average molecular weight is 560 g/mol. The standard InChI is InChI=1S/C12H13.C11H17.2ClH.2Zr/c1-2-5-10-8-11-6-3-4-7-12(11)9-10;1-6-11-9(4)7(2)8(3)10(11)5;;;;/h3-4,6-9H,2,5H2,1H3;6H2,1-5H3;2*1H;;/q2*-1;;;2*+4/p-2. The van der Waals surface area contributed by atoms with Crippen molar-refractivity contribution in [3.8, 4) is 0 Å². The van der Waals surface area contributed by atoms with Crippen LogP contribution in [0.5, 0.6) is 0 Å². The predicted molar refractivity (Wildman–Crippen MR) is 104 cm³/mol. The fourth-order valence-electron chi connectivity index (χ4n) is 3.47. The van der Waals surface area contributed by atoms with Gasteiger partial charge in [0.25, 0.3) is 0 Å². The van der Waals surface area contributed by atoms with Gasteiger partial charge in [0.2, 0.25) is 0 Å². The Morgan fingerprint density at radius 1 is 0.852 bits per heavy atom. The maximum atomic E-state index is 2.29. The zero-order valence-electron chi connectivity index (χ0n) is 17.3. The first-order chi connectivity index (χ1) is 11.0. The van der Waals surface area contributed by atoms with E-state index in [1.54, 1.807) is 5.56 Å². The molecule has 3 aromatic rings. The van der Waals surface area contributed by atoms with E-state index in [1.807, 2.05) is 0 Å². The molecular formula is C23H30Cl2Zr2+4. The van der Waals surface area contributed by atoms with Crippen molar-refractivity contribution in [1.29, 1.82) is 0 Å². The average Bonchev–Trinajstić information content (AvgIpc) is 3.04. The van der Waals surface area contributed by atoms with Crippen LogP contribution in [0.2, 0.25) is 0 Å². The van der Waals surface area contributed by atoms with Crippen LogP contribution in [-0.4, -0.2) is 0 Å². The molecule has 0 saturated heterocycles. The molecule has 4 heteroatoms. The number of hydrogen-bond donors (Lipinski definition) is 0. The van der Waals surface area contributed by atoms with Crippen molar-refractivity contribution in [3.63, 3.8) is 0 Å². The van der Waals surface area contributed by atoms with Gasteiger partial charge in [-0.3, -0.25) is 0 Å². The summed E-state index contributed by atoms with van der Waals surface area (Å²) in [6.45, 7) is 13.3. The van der Waals surface area contributed by atoms with Crippen LogP contribution in [-0.2, 0) is 65.2 Å². The van der Waals surface area contributed by atoms with Gasteiger partial charge in [0, 0.05) is 0 Å². The first kappa shape index (κ1) is 32.2. The Morgan fingerprint density at radius 3 is 1.78 bits per heavy atom. The molecule has 0 unspecified atom stereocenters. The Bertz CT molecular complexity index is 727. The first-order valence-corrected chi connectivity index (χ1v) is 8.85. The van der Waals surface area contributed by atoms with E-state index < -0.39 is 0 Å². The smallest absolute Gasteiger partial charge is 1.00 e. The van der Waals surface area contributed by atoms with Gasteiger partial charge in [0.1, 0.15) is 0 Å². The molecule has 3 aromatic carbocycles. The Morgan fingerprint density at radius 2 is 1.37 bits per heavy atom. The van der Waals surface area contributed by atoms with Crippen molar-refractivity contribution in [3.05, 3.63) is 69.8 Å². The third-order valence-corrected chi connectivity index (χ3v) is 5.16. The molecule has 0 aliphatic carbocycles. The van der Waals surface area contributed by atoms with Crippen molar-refractivity contribution >= 4 is 10.8 Å². The van der Waals surface area contributed by atoms with Crippen LogP contribution in [0.1, 0.15) is 53.6 Å².